The van der Waals surface area contributed by atoms with Gasteiger partial charge in [0.25, 0.3) is 0 Å². The molecule has 1 heterocycles. The average Bonchev–Trinajstić information content (AvgIpc) is 3.14. The third-order valence-electron chi connectivity index (χ3n) is 3.63. The van der Waals surface area contributed by atoms with Gasteiger partial charge < -0.3 is 10.1 Å². The summed E-state index contributed by atoms with van der Waals surface area (Å²) in [5.41, 5.74) is 0.533. The maximum Gasteiger partial charge on any atom is 0.573 e. The Hall–Kier alpha value is -2.31. The second-order valence-electron chi connectivity index (χ2n) is 5.90. The van der Waals surface area contributed by atoms with Crippen molar-refractivity contribution in [1.82, 2.24) is 10.2 Å². The van der Waals surface area contributed by atoms with Gasteiger partial charge in [-0.3, -0.25) is 0 Å². The van der Waals surface area contributed by atoms with E-state index in [0.717, 1.165) is 0 Å². The minimum Gasteiger partial charge on any atom is -0.406 e. The smallest absolute Gasteiger partial charge is 0.406 e. The Kier molecular flexibility index (Phi) is 7.21. The van der Waals surface area contributed by atoms with Crippen molar-refractivity contribution in [3.05, 3.63) is 54.6 Å². The van der Waals surface area contributed by atoms with Crippen LogP contribution in [0.25, 0.3) is 0 Å². The number of rotatable bonds is 9. The number of benzene rings is 2. The maximum atomic E-state index is 12.2. The van der Waals surface area contributed by atoms with E-state index in [1.807, 2.05) is 0 Å². The minimum atomic E-state index is -4.74. The first kappa shape index (κ1) is 22.4. The number of halogens is 3. The lowest BCUT2D eigenvalue weighted by Crippen LogP contribution is -2.16. The van der Waals surface area contributed by atoms with Crippen LogP contribution in [0, 0.1) is 0 Å². The number of hydrogen-bond donors (Lipinski definition) is 1. The van der Waals surface area contributed by atoms with Gasteiger partial charge in [-0.1, -0.05) is 41.3 Å². The number of aromatic nitrogens is 2. The van der Waals surface area contributed by atoms with Crippen LogP contribution < -0.4 is 10.1 Å². The summed E-state index contributed by atoms with van der Waals surface area (Å²) in [4.78, 5) is 0.309. The lowest BCUT2D eigenvalue weighted by molar-refractivity contribution is -0.274. The molecule has 3 rings (SSSR count). The van der Waals surface area contributed by atoms with E-state index in [-0.39, 0.29) is 11.5 Å². The average molecular weight is 476 g/mol. The quantitative estimate of drug-likeness (QED) is 0.339. The molecule has 0 radical (unpaired) electrons. The van der Waals surface area contributed by atoms with Crippen molar-refractivity contribution in [1.29, 1.82) is 0 Å². The maximum absolute atomic E-state index is 12.2. The first-order valence-electron chi connectivity index (χ1n) is 8.58. The van der Waals surface area contributed by atoms with Gasteiger partial charge in [0.05, 0.1) is 10.6 Å². The van der Waals surface area contributed by atoms with Gasteiger partial charge in [-0.25, -0.2) is 8.42 Å². The second kappa shape index (κ2) is 9.67. The molecule has 0 saturated heterocycles. The van der Waals surface area contributed by atoms with Gasteiger partial charge in [0.1, 0.15) is 5.75 Å². The summed E-state index contributed by atoms with van der Waals surface area (Å²) in [6.07, 6.45) is -4.27. The van der Waals surface area contributed by atoms with Crippen molar-refractivity contribution in [2.75, 3.05) is 16.8 Å². The van der Waals surface area contributed by atoms with Crippen molar-refractivity contribution in [3.63, 3.8) is 0 Å². The number of alkyl halides is 3. The van der Waals surface area contributed by atoms with E-state index in [0.29, 0.717) is 32.2 Å². The Morgan fingerprint density at radius 2 is 1.73 bits per heavy atom. The fraction of sp³-hybridized carbons (Fsp3) is 0.222. The van der Waals surface area contributed by atoms with Crippen molar-refractivity contribution >= 4 is 43.8 Å². The summed E-state index contributed by atoms with van der Waals surface area (Å²) in [5, 5.41) is 11.4. The van der Waals surface area contributed by atoms with Gasteiger partial charge in [0, 0.05) is 11.4 Å². The standard InChI is InChI=1S/C18H16F3N3O3S3/c19-18(20,21)27-14-9-7-13(8-10-14)22-16-23-24-17(29-16)28-11-4-12-30(25,26)15-5-2-1-3-6-15/h1-3,5-10H,4,11-12H2,(H,22,23). The summed E-state index contributed by atoms with van der Waals surface area (Å²) in [7, 11) is -3.30. The van der Waals surface area contributed by atoms with Gasteiger partial charge in [0.2, 0.25) is 5.13 Å². The van der Waals surface area contributed by atoms with Crippen molar-refractivity contribution in [2.45, 2.75) is 22.0 Å². The number of anilines is 2. The molecule has 30 heavy (non-hydrogen) atoms. The van der Waals surface area contributed by atoms with E-state index in [4.69, 9.17) is 0 Å². The number of hydrogen-bond acceptors (Lipinski definition) is 8. The van der Waals surface area contributed by atoms with E-state index >= 15 is 0 Å². The highest BCUT2D eigenvalue weighted by Gasteiger charge is 2.30. The molecule has 0 aliphatic heterocycles. The van der Waals surface area contributed by atoms with Crippen LogP contribution in [0.1, 0.15) is 6.42 Å². The summed E-state index contributed by atoms with van der Waals surface area (Å²) in [6, 6.07) is 13.6. The number of sulfone groups is 1. The summed E-state index contributed by atoms with van der Waals surface area (Å²) >= 11 is 2.66. The Morgan fingerprint density at radius 1 is 1.03 bits per heavy atom. The van der Waals surface area contributed by atoms with Crippen molar-refractivity contribution < 1.29 is 26.3 Å². The number of nitrogens with zero attached hydrogens (tertiary/aromatic N) is 2. The molecule has 0 amide bonds. The van der Waals surface area contributed by atoms with Crippen molar-refractivity contribution in [3.8, 4) is 5.75 Å². The minimum absolute atomic E-state index is 0.0419. The molecular formula is C18H16F3N3O3S3. The van der Waals surface area contributed by atoms with E-state index in [1.54, 1.807) is 30.3 Å². The monoisotopic (exact) mass is 475 g/mol. The second-order valence-corrected chi connectivity index (χ2v) is 10.3. The largest absolute Gasteiger partial charge is 0.573 e. The van der Waals surface area contributed by atoms with Gasteiger partial charge in [0.15, 0.2) is 14.2 Å². The Labute approximate surface area is 179 Å². The fourth-order valence-corrected chi connectivity index (χ4v) is 5.63. The predicted molar refractivity (Wildman–Crippen MR) is 110 cm³/mol. The number of nitrogens with one attached hydrogen (secondary N) is 1. The molecule has 12 heteroatoms. The van der Waals surface area contributed by atoms with Crippen LogP contribution >= 0.6 is 23.1 Å². The molecule has 1 N–H and O–H groups in total. The number of thioether (sulfide) groups is 1. The van der Waals surface area contributed by atoms with Gasteiger partial charge in [-0.15, -0.1) is 23.4 Å². The lowest BCUT2D eigenvalue weighted by atomic mass is 10.3. The summed E-state index contributed by atoms with van der Waals surface area (Å²) in [5.74, 6) is 0.289. The zero-order valence-electron chi connectivity index (χ0n) is 15.3. The van der Waals surface area contributed by atoms with Gasteiger partial charge in [-0.2, -0.15) is 0 Å². The zero-order valence-corrected chi connectivity index (χ0v) is 17.7. The molecule has 0 unspecified atom stereocenters. The van der Waals surface area contributed by atoms with Crippen LogP contribution in [-0.2, 0) is 9.84 Å². The Bertz CT molecular complexity index is 1060. The Balaban J connectivity index is 1.46. The van der Waals surface area contributed by atoms with Gasteiger partial charge >= 0.3 is 6.36 Å². The van der Waals surface area contributed by atoms with Gasteiger partial charge in [-0.05, 0) is 42.8 Å². The van der Waals surface area contributed by atoms with E-state index < -0.39 is 16.2 Å². The zero-order chi connectivity index (χ0) is 21.6. The normalized spacial score (nSPS) is 12.0. The molecule has 3 aromatic rings. The summed E-state index contributed by atoms with van der Waals surface area (Å²) < 4.78 is 65.5. The molecule has 0 bridgehead atoms. The molecule has 0 atom stereocenters. The summed E-state index contributed by atoms with van der Waals surface area (Å²) in [6.45, 7) is 0. The van der Waals surface area contributed by atoms with Crippen LogP contribution in [0.4, 0.5) is 24.0 Å². The highest BCUT2D eigenvalue weighted by Crippen LogP contribution is 2.29. The molecule has 0 aliphatic carbocycles. The van der Waals surface area contributed by atoms with E-state index in [1.165, 1.54) is 47.4 Å². The predicted octanol–water partition coefficient (Wildman–Crippen LogP) is 5.14. The van der Waals surface area contributed by atoms with E-state index in [2.05, 4.69) is 20.3 Å². The van der Waals surface area contributed by atoms with Crippen LogP contribution in [0.2, 0.25) is 0 Å². The lowest BCUT2D eigenvalue weighted by Gasteiger charge is -2.09. The molecule has 160 valence electrons. The molecular weight excluding hydrogens is 459 g/mol. The molecule has 0 fully saturated rings. The highest BCUT2D eigenvalue weighted by atomic mass is 32.2. The first-order chi connectivity index (χ1) is 14.2. The molecule has 0 spiro atoms. The van der Waals surface area contributed by atoms with E-state index in [9.17, 15) is 21.6 Å². The first-order valence-corrected chi connectivity index (χ1v) is 12.0. The molecule has 6 nitrogen and oxygen atoms in total. The van der Waals surface area contributed by atoms with Crippen molar-refractivity contribution in [2.24, 2.45) is 0 Å². The van der Waals surface area contributed by atoms with Crippen LogP contribution in [0.15, 0.2) is 63.8 Å². The third-order valence-corrected chi connectivity index (χ3v) is 7.51. The Morgan fingerprint density at radius 3 is 2.40 bits per heavy atom. The van der Waals surface area contributed by atoms with Crippen LogP contribution in [-0.4, -0.2) is 36.5 Å². The topological polar surface area (TPSA) is 81.2 Å². The fourth-order valence-electron chi connectivity index (χ4n) is 2.34. The molecule has 2 aromatic carbocycles. The SMILES string of the molecule is O=S(=O)(CCCSc1nnc(Nc2ccc(OC(F)(F)F)cc2)s1)c1ccccc1. The molecule has 0 aliphatic rings. The highest BCUT2D eigenvalue weighted by molar-refractivity contribution is 8.01. The molecule has 1 aromatic heterocycles. The third kappa shape index (κ3) is 6.89. The molecule has 0 saturated carbocycles. The number of ether oxygens (including phenoxy) is 1. The van der Waals surface area contributed by atoms with Crippen LogP contribution in [0.3, 0.4) is 0 Å². The van der Waals surface area contributed by atoms with Crippen LogP contribution in [0.5, 0.6) is 5.75 Å².